The zero-order valence-electron chi connectivity index (χ0n) is 13.6. The first kappa shape index (κ1) is 17.9. The molecule has 7 nitrogen and oxygen atoms in total. The van der Waals surface area contributed by atoms with Crippen LogP contribution in [0.4, 0.5) is 13.2 Å². The molecular weight excluding hydrogens is 351 g/mol. The number of carbonyl (C=O) groups excluding carboxylic acids is 2. The lowest BCUT2D eigenvalue weighted by Crippen LogP contribution is -2.37. The van der Waals surface area contributed by atoms with Crippen LogP contribution in [-0.2, 0) is 16.1 Å². The van der Waals surface area contributed by atoms with E-state index in [0.717, 1.165) is 5.56 Å². The number of amides is 2. The molecule has 2 amide bonds. The third kappa shape index (κ3) is 4.38. The minimum atomic E-state index is -4.47. The van der Waals surface area contributed by atoms with Gasteiger partial charge in [0.05, 0.1) is 5.92 Å². The maximum atomic E-state index is 12.4. The minimum Gasteiger partial charge on any atom is -0.352 e. The van der Waals surface area contributed by atoms with Crippen LogP contribution >= 0.6 is 0 Å². The first-order chi connectivity index (χ1) is 12.3. The predicted octanol–water partition coefficient (Wildman–Crippen LogP) is 1.29. The molecule has 0 aromatic carbocycles. The van der Waals surface area contributed by atoms with Crippen molar-refractivity contribution >= 4 is 11.8 Å². The van der Waals surface area contributed by atoms with Crippen LogP contribution in [-0.4, -0.2) is 50.5 Å². The lowest BCUT2D eigenvalue weighted by molar-refractivity contribution is -0.157. The molecule has 1 fully saturated rings. The summed E-state index contributed by atoms with van der Waals surface area (Å²) >= 11 is 0. The van der Waals surface area contributed by atoms with Gasteiger partial charge in [-0.2, -0.15) is 13.2 Å². The monoisotopic (exact) mass is 367 g/mol. The van der Waals surface area contributed by atoms with Gasteiger partial charge < -0.3 is 10.2 Å². The molecule has 26 heavy (non-hydrogen) atoms. The van der Waals surface area contributed by atoms with Crippen molar-refractivity contribution in [1.29, 1.82) is 0 Å². The number of nitrogens with zero attached hydrogens (tertiary/aromatic N) is 4. The highest BCUT2D eigenvalue weighted by Crippen LogP contribution is 2.24. The van der Waals surface area contributed by atoms with E-state index in [-0.39, 0.29) is 19.5 Å². The Bertz CT molecular complexity index is 791. The molecule has 3 rings (SSSR count). The SMILES string of the molecule is O=C(NCc1ccnc(-n2ccnc2)c1)C1CC(=O)N(CC(F)(F)F)C1. The van der Waals surface area contributed by atoms with E-state index >= 15 is 0 Å². The van der Waals surface area contributed by atoms with Crippen LogP contribution in [0.15, 0.2) is 37.1 Å². The number of rotatable bonds is 5. The minimum absolute atomic E-state index is 0.188. The molecule has 138 valence electrons. The number of imidazole rings is 1. The molecule has 1 N–H and O–H groups in total. The Labute approximate surface area is 146 Å². The molecule has 0 saturated carbocycles. The van der Waals surface area contributed by atoms with Crippen LogP contribution in [0.2, 0.25) is 0 Å². The summed E-state index contributed by atoms with van der Waals surface area (Å²) in [5.41, 5.74) is 0.772. The van der Waals surface area contributed by atoms with Gasteiger partial charge in [-0.15, -0.1) is 0 Å². The van der Waals surface area contributed by atoms with Crippen LogP contribution in [0.1, 0.15) is 12.0 Å². The Morgan fingerprint density at radius 1 is 1.35 bits per heavy atom. The number of carbonyl (C=O) groups is 2. The molecule has 2 aromatic heterocycles. The summed E-state index contributed by atoms with van der Waals surface area (Å²) in [4.78, 5) is 32.6. The largest absolute Gasteiger partial charge is 0.406 e. The van der Waals surface area contributed by atoms with Crippen LogP contribution < -0.4 is 5.32 Å². The van der Waals surface area contributed by atoms with Crippen LogP contribution in [0, 0.1) is 5.92 Å². The van der Waals surface area contributed by atoms with Gasteiger partial charge in [0.1, 0.15) is 18.7 Å². The van der Waals surface area contributed by atoms with E-state index < -0.39 is 30.5 Å². The number of hydrogen-bond acceptors (Lipinski definition) is 4. The Morgan fingerprint density at radius 3 is 2.85 bits per heavy atom. The molecule has 10 heteroatoms. The van der Waals surface area contributed by atoms with Gasteiger partial charge in [0, 0.05) is 38.1 Å². The maximum absolute atomic E-state index is 12.4. The topological polar surface area (TPSA) is 80.1 Å². The average molecular weight is 367 g/mol. The Balaban J connectivity index is 1.56. The molecule has 3 heterocycles. The molecule has 0 bridgehead atoms. The summed E-state index contributed by atoms with van der Waals surface area (Å²) in [7, 11) is 0. The van der Waals surface area contributed by atoms with Crippen molar-refractivity contribution in [2.75, 3.05) is 13.1 Å². The first-order valence-corrected chi connectivity index (χ1v) is 7.87. The zero-order chi connectivity index (χ0) is 18.7. The quantitative estimate of drug-likeness (QED) is 0.864. The van der Waals surface area contributed by atoms with Crippen LogP contribution in [0.25, 0.3) is 5.82 Å². The smallest absolute Gasteiger partial charge is 0.352 e. The Morgan fingerprint density at radius 2 is 2.15 bits per heavy atom. The van der Waals surface area contributed by atoms with Crippen molar-refractivity contribution < 1.29 is 22.8 Å². The first-order valence-electron chi connectivity index (χ1n) is 7.87. The lowest BCUT2D eigenvalue weighted by Gasteiger charge is -2.18. The van der Waals surface area contributed by atoms with E-state index in [0.29, 0.717) is 10.7 Å². The van der Waals surface area contributed by atoms with Gasteiger partial charge in [-0.1, -0.05) is 0 Å². The summed E-state index contributed by atoms with van der Waals surface area (Å²) in [6.45, 7) is -1.36. The third-order valence-corrected chi connectivity index (χ3v) is 4.00. The van der Waals surface area contributed by atoms with Crippen molar-refractivity contribution in [3.05, 3.63) is 42.6 Å². The van der Waals surface area contributed by atoms with E-state index in [2.05, 4.69) is 15.3 Å². The molecule has 1 aliphatic rings. The van der Waals surface area contributed by atoms with Crippen LogP contribution in [0.5, 0.6) is 0 Å². The molecule has 1 atom stereocenters. The predicted molar refractivity (Wildman–Crippen MR) is 83.9 cm³/mol. The molecule has 1 unspecified atom stereocenters. The second kappa shape index (κ2) is 7.14. The van der Waals surface area contributed by atoms with Crippen molar-refractivity contribution in [3.8, 4) is 5.82 Å². The van der Waals surface area contributed by atoms with Gasteiger partial charge in [-0.25, -0.2) is 9.97 Å². The van der Waals surface area contributed by atoms with Crippen molar-refractivity contribution in [3.63, 3.8) is 0 Å². The average Bonchev–Trinajstić information content (AvgIpc) is 3.22. The summed E-state index contributed by atoms with van der Waals surface area (Å²) < 4.78 is 39.0. The fraction of sp³-hybridized carbons (Fsp3) is 0.375. The molecule has 2 aromatic rings. The normalized spacial score (nSPS) is 17.6. The Kier molecular flexibility index (Phi) is 4.92. The van der Waals surface area contributed by atoms with Gasteiger partial charge in [-0.05, 0) is 17.7 Å². The molecule has 0 aliphatic carbocycles. The fourth-order valence-electron chi connectivity index (χ4n) is 2.76. The Hall–Kier alpha value is -2.91. The molecular formula is C16H16F3N5O2. The summed E-state index contributed by atoms with van der Waals surface area (Å²) in [5.74, 6) is -1.25. The van der Waals surface area contributed by atoms with E-state index in [4.69, 9.17) is 0 Å². The van der Waals surface area contributed by atoms with Gasteiger partial charge in [0.25, 0.3) is 0 Å². The fourth-order valence-corrected chi connectivity index (χ4v) is 2.76. The van der Waals surface area contributed by atoms with Gasteiger partial charge in [0.2, 0.25) is 11.8 Å². The number of aromatic nitrogens is 3. The van der Waals surface area contributed by atoms with E-state index in [1.165, 1.54) is 0 Å². The maximum Gasteiger partial charge on any atom is 0.406 e. The number of pyridine rings is 1. The van der Waals surface area contributed by atoms with Gasteiger partial charge in [-0.3, -0.25) is 14.2 Å². The van der Waals surface area contributed by atoms with Crippen molar-refractivity contribution in [2.24, 2.45) is 5.92 Å². The second-order valence-corrected chi connectivity index (χ2v) is 6.00. The van der Waals surface area contributed by atoms with E-state index in [9.17, 15) is 22.8 Å². The molecule has 1 saturated heterocycles. The third-order valence-electron chi connectivity index (χ3n) is 4.00. The second-order valence-electron chi connectivity index (χ2n) is 6.00. The summed E-state index contributed by atoms with van der Waals surface area (Å²) in [5, 5.41) is 2.67. The highest BCUT2D eigenvalue weighted by atomic mass is 19.4. The summed E-state index contributed by atoms with van der Waals surface area (Å²) in [6, 6.07) is 3.48. The number of nitrogens with one attached hydrogen (secondary N) is 1. The van der Waals surface area contributed by atoms with E-state index in [1.807, 2.05) is 0 Å². The van der Waals surface area contributed by atoms with Crippen LogP contribution in [0.3, 0.4) is 0 Å². The highest BCUT2D eigenvalue weighted by molar-refractivity contribution is 5.89. The standard InChI is InChI=1S/C16H16F3N5O2/c17-16(18,19)9-24-8-12(6-14(24)25)15(26)22-7-11-1-2-21-13(5-11)23-4-3-20-10-23/h1-5,10,12H,6-9H2,(H,22,26). The number of alkyl halides is 3. The molecule has 0 radical (unpaired) electrons. The molecule has 1 aliphatic heterocycles. The summed E-state index contributed by atoms with van der Waals surface area (Å²) in [6.07, 6.45) is 1.83. The number of halogens is 3. The van der Waals surface area contributed by atoms with Crippen molar-refractivity contribution in [2.45, 2.75) is 19.1 Å². The molecule has 0 spiro atoms. The lowest BCUT2D eigenvalue weighted by atomic mass is 10.1. The van der Waals surface area contributed by atoms with Gasteiger partial charge in [0.15, 0.2) is 0 Å². The number of hydrogen-bond donors (Lipinski definition) is 1. The highest BCUT2D eigenvalue weighted by Gasteiger charge is 2.40. The van der Waals surface area contributed by atoms with E-state index in [1.54, 1.807) is 41.6 Å². The number of likely N-dealkylation sites (tertiary alicyclic amines) is 1. The van der Waals surface area contributed by atoms with Gasteiger partial charge >= 0.3 is 6.18 Å². The van der Waals surface area contributed by atoms with Crippen molar-refractivity contribution in [1.82, 2.24) is 24.8 Å². The zero-order valence-corrected chi connectivity index (χ0v) is 13.6.